The number of rotatable bonds is 3. The number of carbonyl (C=O) groups excluding carboxylic acids is 2. The highest BCUT2D eigenvalue weighted by Crippen LogP contribution is 2.40. The van der Waals surface area contributed by atoms with Crippen LogP contribution in [0.5, 0.6) is 0 Å². The summed E-state index contributed by atoms with van der Waals surface area (Å²) in [7, 11) is 0. The molecule has 7 nitrogen and oxygen atoms in total. The summed E-state index contributed by atoms with van der Waals surface area (Å²) >= 11 is 0. The lowest BCUT2D eigenvalue weighted by Gasteiger charge is -2.03. The van der Waals surface area contributed by atoms with Gasteiger partial charge in [0.25, 0.3) is 11.8 Å². The third-order valence-corrected chi connectivity index (χ3v) is 2.77. The van der Waals surface area contributed by atoms with Crippen molar-refractivity contribution in [1.29, 1.82) is 0 Å². The van der Waals surface area contributed by atoms with Crippen LogP contribution >= 0.6 is 0 Å². The smallest absolute Gasteiger partial charge is 0.325 e. The Morgan fingerprint density at radius 2 is 2.05 bits per heavy atom. The first-order valence-corrected chi connectivity index (χ1v) is 5.82. The Labute approximate surface area is 108 Å². The molecular formula is C12H11N3O4. The fraction of sp³-hybridized carbons (Fsp3) is 0.250. The summed E-state index contributed by atoms with van der Waals surface area (Å²) in [6.07, 6.45) is 6.32. The maximum absolute atomic E-state index is 11.7. The summed E-state index contributed by atoms with van der Waals surface area (Å²) in [5.41, 5.74) is 4.77. The second-order valence-electron chi connectivity index (χ2n) is 4.26. The van der Waals surface area contributed by atoms with E-state index in [1.54, 1.807) is 6.20 Å². The molecule has 2 aromatic rings. The number of hydrogen-bond acceptors (Lipinski definition) is 5. The summed E-state index contributed by atoms with van der Waals surface area (Å²) in [6, 6.07) is 1.48. The van der Waals surface area contributed by atoms with Crippen molar-refractivity contribution in [3.63, 3.8) is 0 Å². The molecule has 0 spiro atoms. The molecule has 2 N–H and O–H groups in total. The number of nitrogens with one attached hydrogen (secondary N) is 2. The Hall–Kier alpha value is -2.57. The van der Waals surface area contributed by atoms with Crippen LogP contribution in [0.3, 0.4) is 0 Å². The Morgan fingerprint density at radius 1 is 1.26 bits per heavy atom. The van der Waals surface area contributed by atoms with Crippen LogP contribution in [0.4, 0.5) is 0 Å². The number of hydrazine groups is 1. The van der Waals surface area contributed by atoms with Gasteiger partial charge in [0.2, 0.25) is 0 Å². The van der Waals surface area contributed by atoms with Gasteiger partial charge in [-0.1, -0.05) is 0 Å². The van der Waals surface area contributed by atoms with E-state index < -0.39 is 11.8 Å². The summed E-state index contributed by atoms with van der Waals surface area (Å²) in [5.74, 6) is -0.0323. The first-order chi connectivity index (χ1) is 9.24. The maximum Gasteiger partial charge on any atom is 0.325 e. The zero-order chi connectivity index (χ0) is 13.2. The third-order valence-electron chi connectivity index (χ3n) is 2.77. The molecule has 98 valence electrons. The molecule has 0 aromatic carbocycles. The highest BCUT2D eigenvalue weighted by atomic mass is 16.4. The largest absolute Gasteiger partial charge is 0.472 e. The van der Waals surface area contributed by atoms with Gasteiger partial charge in [0.15, 0.2) is 0 Å². The van der Waals surface area contributed by atoms with Gasteiger partial charge in [0, 0.05) is 5.92 Å². The molecule has 0 aliphatic heterocycles. The fourth-order valence-corrected chi connectivity index (χ4v) is 1.58. The lowest BCUT2D eigenvalue weighted by molar-refractivity contribution is 0.0825. The Kier molecular flexibility index (Phi) is 2.79. The van der Waals surface area contributed by atoms with Gasteiger partial charge in [0.05, 0.1) is 18.0 Å². The first kappa shape index (κ1) is 11.5. The van der Waals surface area contributed by atoms with Crippen molar-refractivity contribution < 1.29 is 18.4 Å². The molecule has 2 aromatic heterocycles. The molecule has 19 heavy (non-hydrogen) atoms. The predicted octanol–water partition coefficient (Wildman–Crippen LogP) is 1.22. The highest BCUT2D eigenvalue weighted by molar-refractivity contribution is 5.97. The van der Waals surface area contributed by atoms with E-state index in [0.29, 0.717) is 17.2 Å². The molecule has 0 radical (unpaired) electrons. The van der Waals surface area contributed by atoms with Crippen molar-refractivity contribution in [2.45, 2.75) is 18.8 Å². The van der Waals surface area contributed by atoms with Crippen LogP contribution in [-0.4, -0.2) is 16.8 Å². The lowest BCUT2D eigenvalue weighted by Crippen LogP contribution is -2.41. The molecule has 1 aliphatic rings. The average molecular weight is 261 g/mol. The molecule has 0 bridgehead atoms. The topological polar surface area (TPSA) is 97.4 Å². The normalized spacial score (nSPS) is 14.1. The van der Waals surface area contributed by atoms with Gasteiger partial charge >= 0.3 is 5.91 Å². The van der Waals surface area contributed by atoms with Crippen LogP contribution in [0.15, 0.2) is 33.6 Å². The van der Waals surface area contributed by atoms with Gasteiger partial charge < -0.3 is 8.83 Å². The van der Waals surface area contributed by atoms with E-state index in [0.717, 1.165) is 12.8 Å². The molecule has 0 atom stereocenters. The van der Waals surface area contributed by atoms with E-state index in [2.05, 4.69) is 15.8 Å². The van der Waals surface area contributed by atoms with E-state index in [1.165, 1.54) is 18.6 Å². The third kappa shape index (κ3) is 2.49. The zero-order valence-electron chi connectivity index (χ0n) is 9.88. The lowest BCUT2D eigenvalue weighted by atomic mass is 10.3. The number of hydrogen-bond donors (Lipinski definition) is 2. The zero-order valence-corrected chi connectivity index (χ0v) is 9.88. The number of amides is 2. The molecule has 2 amide bonds. The van der Waals surface area contributed by atoms with Crippen LogP contribution in [-0.2, 0) is 0 Å². The van der Waals surface area contributed by atoms with Crippen LogP contribution < -0.4 is 10.9 Å². The van der Waals surface area contributed by atoms with Crippen LogP contribution in [0.1, 0.15) is 45.6 Å². The summed E-state index contributed by atoms with van der Waals surface area (Å²) in [6.45, 7) is 0. The summed E-state index contributed by atoms with van der Waals surface area (Å²) in [5, 5.41) is 0. The molecule has 1 aliphatic carbocycles. The van der Waals surface area contributed by atoms with Crippen molar-refractivity contribution in [3.8, 4) is 0 Å². The maximum atomic E-state index is 11.7. The minimum absolute atomic E-state index is 0.0607. The van der Waals surface area contributed by atoms with Gasteiger partial charge in [0.1, 0.15) is 12.0 Å². The second kappa shape index (κ2) is 4.60. The molecule has 0 unspecified atom stereocenters. The minimum Gasteiger partial charge on any atom is -0.472 e. The monoisotopic (exact) mass is 261 g/mol. The van der Waals surface area contributed by atoms with Crippen molar-refractivity contribution in [2.75, 3.05) is 0 Å². The van der Waals surface area contributed by atoms with Crippen LogP contribution in [0.2, 0.25) is 0 Å². The van der Waals surface area contributed by atoms with Gasteiger partial charge in [-0.15, -0.1) is 0 Å². The van der Waals surface area contributed by atoms with Crippen molar-refractivity contribution in [1.82, 2.24) is 15.8 Å². The van der Waals surface area contributed by atoms with E-state index in [9.17, 15) is 9.59 Å². The van der Waals surface area contributed by atoms with Crippen LogP contribution in [0, 0.1) is 0 Å². The Balaban J connectivity index is 1.57. The van der Waals surface area contributed by atoms with Gasteiger partial charge in [-0.05, 0) is 18.9 Å². The molecule has 0 saturated heterocycles. The first-order valence-electron chi connectivity index (χ1n) is 5.82. The number of furan rings is 1. The predicted molar refractivity (Wildman–Crippen MR) is 62.1 cm³/mol. The van der Waals surface area contributed by atoms with E-state index in [-0.39, 0.29) is 5.89 Å². The molecular weight excluding hydrogens is 250 g/mol. The number of carbonyl (C=O) groups is 2. The SMILES string of the molecule is O=C(NNC(=O)c1ncc(C2CC2)o1)c1ccoc1. The Bertz CT molecular complexity index is 598. The molecule has 7 heteroatoms. The Morgan fingerprint density at radius 3 is 2.74 bits per heavy atom. The van der Waals surface area contributed by atoms with Gasteiger partial charge in [-0.2, -0.15) is 0 Å². The number of aromatic nitrogens is 1. The summed E-state index contributed by atoms with van der Waals surface area (Å²) < 4.78 is 10.1. The number of nitrogens with zero attached hydrogens (tertiary/aromatic N) is 1. The van der Waals surface area contributed by atoms with Gasteiger partial charge in [-0.25, -0.2) is 4.98 Å². The number of oxazole rings is 1. The molecule has 2 heterocycles. The fourth-order valence-electron chi connectivity index (χ4n) is 1.58. The standard InChI is InChI=1S/C12H11N3O4/c16-10(8-3-4-18-6-8)14-15-11(17)12-13-5-9(19-12)7-1-2-7/h3-7H,1-2H2,(H,14,16)(H,15,17). The van der Waals surface area contributed by atoms with E-state index in [1.807, 2.05) is 0 Å². The molecule has 1 fully saturated rings. The molecule has 3 rings (SSSR count). The van der Waals surface area contributed by atoms with Gasteiger partial charge in [-0.3, -0.25) is 20.4 Å². The van der Waals surface area contributed by atoms with E-state index in [4.69, 9.17) is 8.83 Å². The van der Waals surface area contributed by atoms with Crippen molar-refractivity contribution in [2.24, 2.45) is 0 Å². The summed E-state index contributed by atoms with van der Waals surface area (Å²) in [4.78, 5) is 27.1. The van der Waals surface area contributed by atoms with Crippen molar-refractivity contribution in [3.05, 3.63) is 42.0 Å². The second-order valence-corrected chi connectivity index (χ2v) is 4.26. The van der Waals surface area contributed by atoms with E-state index >= 15 is 0 Å². The molecule has 1 saturated carbocycles. The van der Waals surface area contributed by atoms with Crippen molar-refractivity contribution >= 4 is 11.8 Å². The highest BCUT2D eigenvalue weighted by Gasteiger charge is 2.28. The quantitative estimate of drug-likeness (QED) is 0.809. The average Bonchev–Trinajstić information content (AvgIpc) is 2.96. The van der Waals surface area contributed by atoms with Crippen LogP contribution in [0.25, 0.3) is 0 Å². The minimum atomic E-state index is -0.594.